The van der Waals surface area contributed by atoms with Gasteiger partial charge >= 0.3 is 12.1 Å². The van der Waals surface area contributed by atoms with Crippen LogP contribution < -0.4 is 5.32 Å². The second kappa shape index (κ2) is 10.0. The van der Waals surface area contributed by atoms with Crippen molar-refractivity contribution in [3.8, 4) is 11.1 Å². The molecule has 1 atom stereocenters. The number of fused-ring (bicyclic) bond motifs is 3. The zero-order valence-corrected chi connectivity index (χ0v) is 19.2. The molecule has 0 bridgehead atoms. The predicted octanol–water partition coefficient (Wildman–Crippen LogP) is 1.87. The van der Waals surface area contributed by atoms with Crippen molar-refractivity contribution in [2.24, 2.45) is 0 Å². The van der Waals surface area contributed by atoms with Gasteiger partial charge in [-0.1, -0.05) is 48.5 Å². The number of ether oxygens (including phenoxy) is 1. The fourth-order valence-corrected chi connectivity index (χ4v) is 4.44. The highest BCUT2D eigenvalue weighted by atomic mass is 32.2. The van der Waals surface area contributed by atoms with Crippen molar-refractivity contribution in [3.05, 3.63) is 59.7 Å². The van der Waals surface area contributed by atoms with Gasteiger partial charge in [0.1, 0.15) is 22.5 Å². The number of nitrogens with zero attached hydrogens (tertiary/aromatic N) is 1. The zero-order valence-electron chi connectivity index (χ0n) is 18.4. The first-order chi connectivity index (χ1) is 15.6. The Morgan fingerprint density at radius 3 is 2.12 bits per heavy atom. The first-order valence-corrected chi connectivity index (χ1v) is 12.4. The van der Waals surface area contributed by atoms with Gasteiger partial charge < -0.3 is 20.1 Å². The first-order valence-electron chi connectivity index (χ1n) is 10.3. The number of alkyl carbamates (subject to hydrolysis) is 1. The first kappa shape index (κ1) is 24.2. The molecule has 0 radical (unpaired) electrons. The normalized spacial score (nSPS) is 13.5. The summed E-state index contributed by atoms with van der Waals surface area (Å²) in [5.41, 5.74) is 4.16. The lowest BCUT2D eigenvalue weighted by Gasteiger charge is -2.23. The minimum Gasteiger partial charge on any atom is -0.481 e. The van der Waals surface area contributed by atoms with Gasteiger partial charge in [0, 0.05) is 25.8 Å². The monoisotopic (exact) mass is 474 g/mol. The molecule has 2 aromatic rings. The minimum absolute atomic E-state index is 0.0117. The smallest absolute Gasteiger partial charge is 0.407 e. The van der Waals surface area contributed by atoms with Crippen molar-refractivity contribution in [2.45, 2.75) is 18.4 Å². The van der Waals surface area contributed by atoms with E-state index in [9.17, 15) is 22.8 Å². The maximum Gasteiger partial charge on any atom is 0.407 e. The average molecular weight is 475 g/mol. The standard InChI is InChI=1S/C23H26N2O7S/c1-25(11-12-33(2,30)31)22(28)20(13-21(26)27)24-23(29)32-14-19-17-9-5-3-7-15(17)16-8-4-6-10-18(16)19/h3-10,19-20H,11-14H2,1-2H3,(H,24,29)(H,26,27). The molecule has 1 unspecified atom stereocenters. The van der Waals surface area contributed by atoms with E-state index in [2.05, 4.69) is 5.32 Å². The number of nitrogens with one attached hydrogen (secondary N) is 1. The summed E-state index contributed by atoms with van der Waals surface area (Å²) in [6, 6.07) is 14.2. The number of likely N-dealkylation sites (N-methyl/N-ethyl adjacent to an activating group) is 1. The van der Waals surface area contributed by atoms with E-state index >= 15 is 0 Å². The van der Waals surface area contributed by atoms with Crippen molar-refractivity contribution in [3.63, 3.8) is 0 Å². The summed E-state index contributed by atoms with van der Waals surface area (Å²) in [7, 11) is -1.96. The molecule has 1 aliphatic rings. The molecule has 0 heterocycles. The topological polar surface area (TPSA) is 130 Å². The summed E-state index contributed by atoms with van der Waals surface area (Å²) in [6.07, 6.45) is -0.547. The van der Waals surface area contributed by atoms with E-state index in [-0.39, 0.29) is 24.8 Å². The molecule has 0 aromatic heterocycles. The van der Waals surface area contributed by atoms with Crippen molar-refractivity contribution in [2.75, 3.05) is 32.2 Å². The average Bonchev–Trinajstić information content (AvgIpc) is 3.08. The molecular formula is C23H26N2O7S. The summed E-state index contributed by atoms with van der Waals surface area (Å²) in [6.45, 7) is -0.113. The SMILES string of the molecule is CN(CCS(C)(=O)=O)C(=O)C(CC(=O)O)NC(=O)OCC1c2ccccc2-c2ccccc21. The van der Waals surface area contributed by atoms with Crippen molar-refractivity contribution < 1.29 is 32.6 Å². The summed E-state index contributed by atoms with van der Waals surface area (Å²) in [5.74, 6) is -2.47. The maximum atomic E-state index is 12.6. The van der Waals surface area contributed by atoms with Crippen LogP contribution in [-0.2, 0) is 24.2 Å². The van der Waals surface area contributed by atoms with Gasteiger partial charge in [0.05, 0.1) is 12.2 Å². The predicted molar refractivity (Wildman–Crippen MR) is 122 cm³/mol. The molecule has 9 nitrogen and oxygen atoms in total. The van der Waals surface area contributed by atoms with Crippen LogP contribution >= 0.6 is 0 Å². The van der Waals surface area contributed by atoms with E-state index in [1.165, 1.54) is 7.05 Å². The summed E-state index contributed by atoms with van der Waals surface area (Å²) >= 11 is 0. The molecule has 2 aromatic carbocycles. The van der Waals surface area contributed by atoms with Crippen LogP contribution in [0.5, 0.6) is 0 Å². The van der Waals surface area contributed by atoms with E-state index < -0.39 is 40.3 Å². The second-order valence-electron chi connectivity index (χ2n) is 8.01. The van der Waals surface area contributed by atoms with Crippen LogP contribution in [-0.4, -0.2) is 74.6 Å². The van der Waals surface area contributed by atoms with Crippen LogP contribution in [0.15, 0.2) is 48.5 Å². The van der Waals surface area contributed by atoms with Gasteiger partial charge in [0.15, 0.2) is 0 Å². The van der Waals surface area contributed by atoms with E-state index in [0.29, 0.717) is 0 Å². The summed E-state index contributed by atoms with van der Waals surface area (Å²) < 4.78 is 28.1. The maximum absolute atomic E-state index is 12.6. The molecule has 2 N–H and O–H groups in total. The van der Waals surface area contributed by atoms with Crippen molar-refractivity contribution in [1.82, 2.24) is 10.2 Å². The Morgan fingerprint density at radius 2 is 1.61 bits per heavy atom. The van der Waals surface area contributed by atoms with E-state index in [1.807, 2.05) is 48.5 Å². The van der Waals surface area contributed by atoms with Crippen LogP contribution in [0.3, 0.4) is 0 Å². The van der Waals surface area contributed by atoms with Gasteiger partial charge in [-0.05, 0) is 22.3 Å². The molecule has 0 fully saturated rings. The lowest BCUT2D eigenvalue weighted by molar-refractivity contribution is -0.142. The van der Waals surface area contributed by atoms with Crippen molar-refractivity contribution >= 4 is 27.8 Å². The Morgan fingerprint density at radius 1 is 1.06 bits per heavy atom. The Balaban J connectivity index is 1.66. The van der Waals surface area contributed by atoms with Gasteiger partial charge in [-0.15, -0.1) is 0 Å². The number of carbonyl (C=O) groups is 3. The molecule has 176 valence electrons. The lowest BCUT2D eigenvalue weighted by Crippen LogP contribution is -2.49. The Labute approximate surface area is 192 Å². The fourth-order valence-electron chi connectivity index (χ4n) is 3.84. The highest BCUT2D eigenvalue weighted by Gasteiger charge is 2.31. The molecular weight excluding hydrogens is 448 g/mol. The number of carbonyl (C=O) groups excluding carboxylic acids is 2. The third-order valence-electron chi connectivity index (χ3n) is 5.49. The number of hydrogen-bond donors (Lipinski definition) is 2. The number of hydrogen-bond acceptors (Lipinski definition) is 6. The van der Waals surface area contributed by atoms with Crippen LogP contribution in [0.1, 0.15) is 23.5 Å². The fraction of sp³-hybridized carbons (Fsp3) is 0.348. The highest BCUT2D eigenvalue weighted by Crippen LogP contribution is 2.44. The Kier molecular flexibility index (Phi) is 7.37. The quantitative estimate of drug-likeness (QED) is 0.567. The number of sulfone groups is 1. The third-order valence-corrected chi connectivity index (χ3v) is 6.41. The van der Waals surface area contributed by atoms with E-state index in [4.69, 9.17) is 9.84 Å². The number of rotatable bonds is 9. The molecule has 2 amide bonds. The number of benzene rings is 2. The van der Waals surface area contributed by atoms with Crippen LogP contribution in [0, 0.1) is 0 Å². The highest BCUT2D eigenvalue weighted by molar-refractivity contribution is 7.90. The number of amides is 2. The van der Waals surface area contributed by atoms with Gasteiger partial charge in [-0.2, -0.15) is 0 Å². The van der Waals surface area contributed by atoms with E-state index in [1.54, 1.807) is 0 Å². The molecule has 0 saturated carbocycles. The molecule has 1 aliphatic carbocycles. The molecule has 0 saturated heterocycles. The second-order valence-corrected chi connectivity index (χ2v) is 10.3. The molecule has 0 aliphatic heterocycles. The summed E-state index contributed by atoms with van der Waals surface area (Å²) in [5, 5.41) is 11.5. The zero-order chi connectivity index (χ0) is 24.2. The van der Waals surface area contributed by atoms with Crippen molar-refractivity contribution in [1.29, 1.82) is 0 Å². The Bertz CT molecular complexity index is 1120. The Hall–Kier alpha value is -3.40. The van der Waals surface area contributed by atoms with Gasteiger partial charge in [0.2, 0.25) is 5.91 Å². The molecule has 33 heavy (non-hydrogen) atoms. The minimum atomic E-state index is -3.31. The molecule has 10 heteroatoms. The molecule has 3 rings (SSSR count). The number of carboxylic acid groups (broad SMARTS) is 1. The van der Waals surface area contributed by atoms with Gasteiger partial charge in [-0.25, -0.2) is 13.2 Å². The number of carboxylic acids is 1. The van der Waals surface area contributed by atoms with Gasteiger partial charge in [0.25, 0.3) is 0 Å². The lowest BCUT2D eigenvalue weighted by atomic mass is 9.98. The van der Waals surface area contributed by atoms with Crippen LogP contribution in [0.2, 0.25) is 0 Å². The largest absolute Gasteiger partial charge is 0.481 e. The number of aliphatic carboxylic acids is 1. The van der Waals surface area contributed by atoms with E-state index in [0.717, 1.165) is 33.4 Å². The summed E-state index contributed by atoms with van der Waals surface area (Å²) in [4.78, 5) is 37.4. The third kappa shape index (κ3) is 6.10. The van der Waals surface area contributed by atoms with Gasteiger partial charge in [-0.3, -0.25) is 9.59 Å². The van der Waals surface area contributed by atoms with Crippen LogP contribution in [0.4, 0.5) is 4.79 Å². The van der Waals surface area contributed by atoms with Crippen LogP contribution in [0.25, 0.3) is 11.1 Å². The molecule has 0 spiro atoms.